The minimum Gasteiger partial charge on any atom is -0.480 e. The van der Waals surface area contributed by atoms with E-state index in [1.165, 1.54) is 11.8 Å². The van der Waals surface area contributed by atoms with E-state index in [1.54, 1.807) is 19.9 Å². The highest BCUT2D eigenvalue weighted by Gasteiger charge is 2.33. The summed E-state index contributed by atoms with van der Waals surface area (Å²) < 4.78 is 0.0664. The van der Waals surface area contributed by atoms with Crippen LogP contribution in [0.2, 0.25) is 0 Å². The minimum absolute atomic E-state index is 0.134. The number of aliphatic carboxylic acids is 1. The van der Waals surface area contributed by atoms with Crippen molar-refractivity contribution in [3.05, 3.63) is 28.7 Å². The fraction of sp³-hybridized carbons (Fsp3) is 0.385. The quantitative estimate of drug-likeness (QED) is 0.723. The van der Waals surface area contributed by atoms with Crippen LogP contribution in [-0.2, 0) is 9.59 Å². The first-order valence-corrected chi connectivity index (χ1v) is 7.68. The third-order valence-corrected chi connectivity index (χ3v) is 4.83. The molecule has 0 saturated carbocycles. The summed E-state index contributed by atoms with van der Waals surface area (Å²) in [5, 5.41) is 11.7. The van der Waals surface area contributed by atoms with Crippen molar-refractivity contribution in [2.45, 2.75) is 24.6 Å². The Bertz CT molecular complexity index is 508. The fourth-order valence-electron chi connectivity index (χ4n) is 1.39. The SMILES string of the molecule is CC(C)(SCC(=O)Nc1ccccc1Br)[C@@H](N)C(=O)O. The van der Waals surface area contributed by atoms with Crippen molar-refractivity contribution in [3.63, 3.8) is 0 Å². The average molecular weight is 361 g/mol. The van der Waals surface area contributed by atoms with E-state index in [0.717, 1.165) is 4.47 Å². The van der Waals surface area contributed by atoms with Crippen LogP contribution in [0.3, 0.4) is 0 Å². The zero-order valence-corrected chi connectivity index (χ0v) is 13.6. The molecule has 1 rings (SSSR count). The molecule has 1 aromatic rings. The van der Waals surface area contributed by atoms with E-state index in [4.69, 9.17) is 10.8 Å². The van der Waals surface area contributed by atoms with E-state index < -0.39 is 16.8 Å². The second kappa shape index (κ2) is 7.10. The van der Waals surface area contributed by atoms with Crippen molar-refractivity contribution in [2.24, 2.45) is 5.73 Å². The molecule has 4 N–H and O–H groups in total. The van der Waals surface area contributed by atoms with Crippen molar-refractivity contribution in [3.8, 4) is 0 Å². The van der Waals surface area contributed by atoms with Gasteiger partial charge in [0.05, 0.1) is 11.4 Å². The monoisotopic (exact) mass is 360 g/mol. The van der Waals surface area contributed by atoms with Crippen molar-refractivity contribution in [1.82, 2.24) is 0 Å². The number of carboxylic acids is 1. The molecule has 0 aliphatic heterocycles. The summed E-state index contributed by atoms with van der Waals surface area (Å²) in [6.07, 6.45) is 0. The van der Waals surface area contributed by atoms with Gasteiger partial charge in [-0.25, -0.2) is 0 Å². The van der Waals surface area contributed by atoms with Crippen LogP contribution >= 0.6 is 27.7 Å². The van der Waals surface area contributed by atoms with Gasteiger partial charge in [0.15, 0.2) is 0 Å². The largest absolute Gasteiger partial charge is 0.480 e. The van der Waals surface area contributed by atoms with Gasteiger partial charge in [0, 0.05) is 9.22 Å². The van der Waals surface area contributed by atoms with Crippen LogP contribution in [0.5, 0.6) is 0 Å². The number of benzene rings is 1. The number of halogens is 1. The number of para-hydroxylation sites is 1. The molecule has 0 bridgehead atoms. The Labute approximate surface area is 130 Å². The van der Waals surface area contributed by atoms with E-state index in [0.29, 0.717) is 5.69 Å². The van der Waals surface area contributed by atoms with Gasteiger partial charge in [0.1, 0.15) is 6.04 Å². The van der Waals surface area contributed by atoms with E-state index in [1.807, 2.05) is 18.2 Å². The lowest BCUT2D eigenvalue weighted by Gasteiger charge is -2.27. The van der Waals surface area contributed by atoms with E-state index in [2.05, 4.69) is 21.2 Å². The van der Waals surface area contributed by atoms with Crippen LogP contribution in [0.4, 0.5) is 5.69 Å². The van der Waals surface area contributed by atoms with Crippen molar-refractivity contribution < 1.29 is 14.7 Å². The fourth-order valence-corrected chi connectivity index (χ4v) is 2.63. The number of hydrogen-bond donors (Lipinski definition) is 3. The second-order valence-corrected chi connectivity index (χ2v) is 7.22. The third kappa shape index (κ3) is 4.81. The number of thioether (sulfide) groups is 1. The van der Waals surface area contributed by atoms with E-state index in [-0.39, 0.29) is 11.7 Å². The molecular formula is C13H17BrN2O3S. The van der Waals surface area contributed by atoms with Gasteiger partial charge >= 0.3 is 5.97 Å². The Morgan fingerprint density at radius 2 is 2.05 bits per heavy atom. The van der Waals surface area contributed by atoms with Crippen molar-refractivity contribution in [2.75, 3.05) is 11.1 Å². The lowest BCUT2D eigenvalue weighted by atomic mass is 10.1. The van der Waals surface area contributed by atoms with Crippen LogP contribution in [0.1, 0.15) is 13.8 Å². The maximum Gasteiger partial charge on any atom is 0.321 e. The second-order valence-electron chi connectivity index (χ2n) is 4.74. The smallest absolute Gasteiger partial charge is 0.321 e. The highest BCUT2D eigenvalue weighted by molar-refractivity contribution is 9.10. The molecule has 0 aliphatic carbocycles. The van der Waals surface area contributed by atoms with Gasteiger partial charge in [0.25, 0.3) is 0 Å². The molecule has 0 unspecified atom stereocenters. The first-order valence-electron chi connectivity index (χ1n) is 5.91. The van der Waals surface area contributed by atoms with Gasteiger partial charge in [-0.1, -0.05) is 12.1 Å². The molecule has 5 nitrogen and oxygen atoms in total. The maximum absolute atomic E-state index is 11.9. The van der Waals surface area contributed by atoms with E-state index in [9.17, 15) is 9.59 Å². The summed E-state index contributed by atoms with van der Waals surface area (Å²) in [5.74, 6) is -1.14. The molecule has 0 aromatic heterocycles. The van der Waals surface area contributed by atoms with Crippen molar-refractivity contribution >= 4 is 45.3 Å². The standard InChI is InChI=1S/C13H17BrN2O3S/c1-13(2,11(15)12(18)19)20-7-10(17)16-9-6-4-3-5-8(9)14/h3-6,11H,7,15H2,1-2H3,(H,16,17)(H,18,19)/t11-/m0/s1. The summed E-state index contributed by atoms with van der Waals surface area (Å²) >= 11 is 4.55. The zero-order valence-electron chi connectivity index (χ0n) is 11.2. The molecular weight excluding hydrogens is 344 g/mol. The van der Waals surface area contributed by atoms with Gasteiger partial charge in [-0.2, -0.15) is 0 Å². The van der Waals surface area contributed by atoms with Gasteiger partial charge < -0.3 is 16.2 Å². The van der Waals surface area contributed by atoms with Crippen LogP contribution < -0.4 is 11.1 Å². The summed E-state index contributed by atoms with van der Waals surface area (Å²) in [7, 11) is 0. The summed E-state index contributed by atoms with van der Waals surface area (Å²) in [5.41, 5.74) is 6.28. The zero-order chi connectivity index (χ0) is 15.3. The van der Waals surface area contributed by atoms with Crippen LogP contribution in [-0.4, -0.2) is 33.5 Å². The number of carbonyl (C=O) groups excluding carboxylic acids is 1. The molecule has 7 heteroatoms. The van der Waals surface area contributed by atoms with Crippen LogP contribution in [0.25, 0.3) is 0 Å². The average Bonchev–Trinajstić information content (AvgIpc) is 2.38. The Balaban J connectivity index is 2.56. The molecule has 0 radical (unpaired) electrons. The Kier molecular flexibility index (Phi) is 6.04. The van der Waals surface area contributed by atoms with Gasteiger partial charge in [0.2, 0.25) is 5.91 Å². The predicted molar refractivity (Wildman–Crippen MR) is 84.9 cm³/mol. The lowest BCUT2D eigenvalue weighted by molar-refractivity contribution is -0.139. The summed E-state index contributed by atoms with van der Waals surface area (Å²) in [6.45, 7) is 3.42. The van der Waals surface area contributed by atoms with Crippen LogP contribution in [0.15, 0.2) is 28.7 Å². The molecule has 1 aromatic carbocycles. The maximum atomic E-state index is 11.9. The molecule has 1 atom stereocenters. The number of amides is 1. The molecule has 1 amide bonds. The third-order valence-electron chi connectivity index (χ3n) is 2.74. The van der Waals surface area contributed by atoms with Gasteiger partial charge in [-0.3, -0.25) is 9.59 Å². The molecule has 0 aliphatic rings. The lowest BCUT2D eigenvalue weighted by Crippen LogP contribution is -2.47. The molecule has 0 saturated heterocycles. The Morgan fingerprint density at radius 3 is 2.60 bits per heavy atom. The number of rotatable bonds is 6. The molecule has 110 valence electrons. The van der Waals surface area contributed by atoms with Crippen molar-refractivity contribution in [1.29, 1.82) is 0 Å². The molecule has 0 heterocycles. The Hall–Kier alpha value is -1.05. The predicted octanol–water partition coefficient (Wildman–Crippen LogP) is 2.31. The highest BCUT2D eigenvalue weighted by Crippen LogP contribution is 2.28. The number of anilines is 1. The number of nitrogens with two attached hydrogens (primary N) is 1. The molecule has 0 fully saturated rings. The number of carboxylic acid groups (broad SMARTS) is 1. The number of hydrogen-bond acceptors (Lipinski definition) is 4. The van der Waals surface area contributed by atoms with Gasteiger partial charge in [-0.15, -0.1) is 11.8 Å². The summed E-state index contributed by atoms with van der Waals surface area (Å²) in [4.78, 5) is 22.7. The number of nitrogens with one attached hydrogen (secondary N) is 1. The van der Waals surface area contributed by atoms with Crippen LogP contribution in [0, 0.1) is 0 Å². The summed E-state index contributed by atoms with van der Waals surface area (Å²) in [6, 6.07) is 6.25. The Morgan fingerprint density at radius 1 is 1.45 bits per heavy atom. The minimum atomic E-state index is -1.08. The first kappa shape index (κ1) is 17.0. The number of carbonyl (C=O) groups is 2. The first-order chi connectivity index (χ1) is 9.24. The normalized spacial score (nSPS) is 12.8. The molecule has 0 spiro atoms. The topological polar surface area (TPSA) is 92.4 Å². The van der Waals surface area contributed by atoms with Gasteiger partial charge in [-0.05, 0) is 41.9 Å². The molecule has 20 heavy (non-hydrogen) atoms. The van der Waals surface area contributed by atoms with E-state index >= 15 is 0 Å². The highest BCUT2D eigenvalue weighted by atomic mass is 79.9.